The van der Waals surface area contributed by atoms with Crippen molar-refractivity contribution < 1.29 is 26.3 Å². The van der Waals surface area contributed by atoms with Crippen molar-refractivity contribution >= 4 is 5.83 Å². The molecule has 0 bridgehead atoms. The van der Waals surface area contributed by atoms with Gasteiger partial charge in [0.25, 0.3) is 0 Å². The smallest absolute Gasteiger partial charge is 0.194 e. The summed E-state index contributed by atoms with van der Waals surface area (Å²) in [5.41, 5.74) is 0.791. The lowest BCUT2D eigenvalue weighted by molar-refractivity contribution is 0.447. The third kappa shape index (κ3) is 3.81. The second-order valence-electron chi connectivity index (χ2n) is 6.10. The van der Waals surface area contributed by atoms with Gasteiger partial charge in [0.1, 0.15) is 11.6 Å². The monoisotopic (exact) mass is 392 g/mol. The van der Waals surface area contributed by atoms with Crippen molar-refractivity contribution in [2.45, 2.75) is 13.3 Å². The van der Waals surface area contributed by atoms with Gasteiger partial charge in [-0.15, -0.1) is 0 Å². The molecule has 0 aromatic heterocycles. The molecule has 0 N–H and O–H groups in total. The molecule has 0 saturated carbocycles. The van der Waals surface area contributed by atoms with Gasteiger partial charge in [0.15, 0.2) is 23.3 Å². The Kier molecular flexibility index (Phi) is 5.58. The van der Waals surface area contributed by atoms with Crippen LogP contribution in [0.4, 0.5) is 26.3 Å². The minimum Gasteiger partial charge on any atom is -0.209 e. The van der Waals surface area contributed by atoms with E-state index in [0.717, 1.165) is 6.07 Å². The number of halogens is 6. The molecule has 0 spiro atoms. The van der Waals surface area contributed by atoms with E-state index in [9.17, 15) is 26.3 Å². The molecule has 0 amide bonds. The number of hydrogen-bond donors (Lipinski definition) is 0. The highest BCUT2D eigenvalue weighted by Crippen LogP contribution is 2.31. The molecule has 6 heteroatoms. The van der Waals surface area contributed by atoms with Gasteiger partial charge in [-0.2, -0.15) is 0 Å². The summed E-state index contributed by atoms with van der Waals surface area (Å²) >= 11 is 0. The SMILES string of the molecule is CC/C(F)=C(\F)c1ccc(-c2ccc(-c3cc(F)c(F)c(F)c3)c(F)c2)cc1. The normalized spacial score (nSPS) is 12.1. The van der Waals surface area contributed by atoms with Gasteiger partial charge in [-0.05, 0) is 41.3 Å². The van der Waals surface area contributed by atoms with Crippen LogP contribution in [0.5, 0.6) is 0 Å². The van der Waals surface area contributed by atoms with Crippen molar-refractivity contribution in [3.05, 3.63) is 89.3 Å². The predicted octanol–water partition coefficient (Wildman–Crippen LogP) is 7.59. The zero-order valence-corrected chi connectivity index (χ0v) is 14.7. The number of rotatable bonds is 4. The van der Waals surface area contributed by atoms with Gasteiger partial charge < -0.3 is 0 Å². The van der Waals surface area contributed by atoms with E-state index in [1.54, 1.807) is 0 Å². The molecule has 0 aliphatic rings. The standard InChI is InChI=1S/C22H14F6/c1-2-17(23)21(27)13-5-3-12(4-6-13)14-7-8-16(18(24)9-14)15-10-19(25)22(28)20(26)11-15/h3-11H,2H2,1H3/b21-17+. The maximum atomic E-state index is 14.5. The van der Waals surface area contributed by atoms with E-state index in [1.807, 2.05) is 0 Å². The van der Waals surface area contributed by atoms with Crippen LogP contribution in [-0.2, 0) is 0 Å². The van der Waals surface area contributed by atoms with Gasteiger partial charge in [-0.3, -0.25) is 0 Å². The molecule has 0 nitrogen and oxygen atoms in total. The third-order valence-corrected chi connectivity index (χ3v) is 4.28. The lowest BCUT2D eigenvalue weighted by atomic mass is 9.98. The molecule has 0 fully saturated rings. The van der Waals surface area contributed by atoms with Gasteiger partial charge >= 0.3 is 0 Å². The van der Waals surface area contributed by atoms with Crippen LogP contribution in [0, 0.1) is 23.3 Å². The molecule has 28 heavy (non-hydrogen) atoms. The molecule has 0 radical (unpaired) electrons. The van der Waals surface area contributed by atoms with E-state index in [0.29, 0.717) is 23.3 Å². The van der Waals surface area contributed by atoms with Crippen molar-refractivity contribution in [2.75, 3.05) is 0 Å². The van der Waals surface area contributed by atoms with Crippen LogP contribution in [0.15, 0.2) is 60.4 Å². The second-order valence-corrected chi connectivity index (χ2v) is 6.10. The van der Waals surface area contributed by atoms with Crippen LogP contribution in [0.25, 0.3) is 28.1 Å². The summed E-state index contributed by atoms with van der Waals surface area (Å²) in [5, 5.41) is 0. The van der Waals surface area contributed by atoms with Crippen LogP contribution in [0.1, 0.15) is 18.9 Å². The zero-order valence-electron chi connectivity index (χ0n) is 14.7. The van der Waals surface area contributed by atoms with Crippen LogP contribution in [0.2, 0.25) is 0 Å². The first-order valence-electron chi connectivity index (χ1n) is 8.41. The quantitative estimate of drug-likeness (QED) is 0.317. The fourth-order valence-electron chi connectivity index (χ4n) is 2.76. The van der Waals surface area contributed by atoms with E-state index in [4.69, 9.17) is 0 Å². The van der Waals surface area contributed by atoms with E-state index < -0.39 is 34.9 Å². The van der Waals surface area contributed by atoms with Gasteiger partial charge in [0.2, 0.25) is 0 Å². The highest BCUT2D eigenvalue weighted by Gasteiger charge is 2.15. The molecule has 3 rings (SSSR count). The summed E-state index contributed by atoms with van der Waals surface area (Å²) < 4.78 is 81.5. The fraction of sp³-hybridized carbons (Fsp3) is 0.0909. The largest absolute Gasteiger partial charge is 0.209 e. The average Bonchev–Trinajstić information content (AvgIpc) is 2.70. The van der Waals surface area contributed by atoms with E-state index in [2.05, 4.69) is 0 Å². The first-order chi connectivity index (χ1) is 13.3. The van der Waals surface area contributed by atoms with E-state index in [-0.39, 0.29) is 23.1 Å². The Bertz CT molecular complexity index is 1030. The van der Waals surface area contributed by atoms with Gasteiger partial charge in [0.05, 0.1) is 0 Å². The van der Waals surface area contributed by atoms with E-state index >= 15 is 0 Å². The molecule has 144 valence electrons. The molecular formula is C22H14F6. The first kappa shape index (κ1) is 19.7. The Morgan fingerprint density at radius 3 is 1.75 bits per heavy atom. The molecule has 0 atom stereocenters. The Labute approximate surface area is 157 Å². The Morgan fingerprint density at radius 1 is 0.679 bits per heavy atom. The summed E-state index contributed by atoms with van der Waals surface area (Å²) in [7, 11) is 0. The summed E-state index contributed by atoms with van der Waals surface area (Å²) in [4.78, 5) is 0. The molecule has 3 aromatic rings. The molecule has 0 heterocycles. The highest BCUT2D eigenvalue weighted by molar-refractivity contribution is 5.72. The van der Waals surface area contributed by atoms with Gasteiger partial charge in [-0.1, -0.05) is 43.3 Å². The third-order valence-electron chi connectivity index (χ3n) is 4.28. The van der Waals surface area contributed by atoms with Crippen molar-refractivity contribution in [3.8, 4) is 22.3 Å². The lowest BCUT2D eigenvalue weighted by Crippen LogP contribution is -1.94. The predicted molar refractivity (Wildman–Crippen MR) is 96.6 cm³/mol. The molecule has 0 aliphatic heterocycles. The van der Waals surface area contributed by atoms with Crippen LogP contribution < -0.4 is 0 Å². The van der Waals surface area contributed by atoms with Gasteiger partial charge in [0, 0.05) is 11.1 Å². The number of hydrogen-bond acceptors (Lipinski definition) is 0. The molecule has 3 aromatic carbocycles. The summed E-state index contributed by atoms with van der Waals surface area (Å²) in [6, 6.07) is 11.1. The Hall–Kier alpha value is -3.02. The lowest BCUT2D eigenvalue weighted by Gasteiger charge is -2.09. The topological polar surface area (TPSA) is 0 Å². The minimum atomic E-state index is -1.62. The van der Waals surface area contributed by atoms with Crippen molar-refractivity contribution in [2.24, 2.45) is 0 Å². The number of allylic oxidation sites excluding steroid dienone is 1. The molecule has 0 unspecified atom stereocenters. The minimum absolute atomic E-state index is 0.0647. The maximum Gasteiger partial charge on any atom is 0.194 e. The van der Waals surface area contributed by atoms with Crippen molar-refractivity contribution in [1.29, 1.82) is 0 Å². The number of benzene rings is 3. The summed E-state index contributed by atoms with van der Waals surface area (Å²) in [6.07, 6.45) is -0.0647. The second kappa shape index (κ2) is 7.92. The molecule has 0 aliphatic carbocycles. The average molecular weight is 392 g/mol. The van der Waals surface area contributed by atoms with Crippen LogP contribution >= 0.6 is 0 Å². The summed E-state index contributed by atoms with van der Waals surface area (Å²) in [5.74, 6) is -7.03. The maximum absolute atomic E-state index is 14.5. The molecule has 0 saturated heterocycles. The van der Waals surface area contributed by atoms with Crippen molar-refractivity contribution in [3.63, 3.8) is 0 Å². The zero-order chi connectivity index (χ0) is 20.4. The van der Waals surface area contributed by atoms with Crippen LogP contribution in [0.3, 0.4) is 0 Å². The van der Waals surface area contributed by atoms with E-state index in [1.165, 1.54) is 43.3 Å². The summed E-state index contributed by atoms with van der Waals surface area (Å²) in [6.45, 7) is 1.49. The first-order valence-corrected chi connectivity index (χ1v) is 8.41. The van der Waals surface area contributed by atoms with Gasteiger partial charge in [-0.25, -0.2) is 26.3 Å². The van der Waals surface area contributed by atoms with Crippen LogP contribution in [-0.4, -0.2) is 0 Å². The highest BCUT2D eigenvalue weighted by atomic mass is 19.2. The van der Waals surface area contributed by atoms with Crippen molar-refractivity contribution in [1.82, 2.24) is 0 Å². The Morgan fingerprint density at radius 2 is 1.21 bits per heavy atom. The Balaban J connectivity index is 1.95. The molecular weight excluding hydrogens is 378 g/mol. The fourth-order valence-corrected chi connectivity index (χ4v) is 2.76.